The Balaban J connectivity index is 1.28. The number of anilines is 1. The van der Waals surface area contributed by atoms with E-state index in [2.05, 4.69) is 15.6 Å². The van der Waals surface area contributed by atoms with Crippen molar-refractivity contribution in [1.82, 2.24) is 14.9 Å². The third kappa shape index (κ3) is 4.05. The summed E-state index contributed by atoms with van der Waals surface area (Å²) in [5.41, 5.74) is 1.42. The van der Waals surface area contributed by atoms with Crippen LogP contribution < -0.4 is 25.7 Å². The van der Waals surface area contributed by atoms with E-state index in [1.54, 1.807) is 30.6 Å². The lowest BCUT2D eigenvalue weighted by molar-refractivity contribution is 0.174. The fraction of sp³-hybridized carbons (Fsp3) is 0.421. The van der Waals surface area contributed by atoms with Crippen LogP contribution in [0.2, 0.25) is 0 Å². The van der Waals surface area contributed by atoms with Crippen LogP contribution in [0.25, 0.3) is 0 Å². The van der Waals surface area contributed by atoms with Gasteiger partial charge in [0.25, 0.3) is 5.56 Å². The van der Waals surface area contributed by atoms with Gasteiger partial charge >= 0.3 is 6.03 Å². The predicted octanol–water partition coefficient (Wildman–Crippen LogP) is 2.45. The molecule has 0 unspecified atom stereocenters. The van der Waals surface area contributed by atoms with Crippen LogP contribution in [0.3, 0.4) is 0 Å². The average Bonchev–Trinajstić information content (AvgIpc) is 3.34. The van der Waals surface area contributed by atoms with E-state index in [1.807, 2.05) is 0 Å². The summed E-state index contributed by atoms with van der Waals surface area (Å²) in [5, 5.41) is 5.46. The molecule has 8 heteroatoms. The maximum Gasteiger partial charge on any atom is 0.319 e. The second-order valence-electron chi connectivity index (χ2n) is 6.78. The number of nitrogens with zero attached hydrogens (tertiary/aromatic N) is 2. The highest BCUT2D eigenvalue weighted by molar-refractivity contribution is 5.89. The largest absolute Gasteiger partial charge is 0.454 e. The number of fused-ring (bicyclic) bond motifs is 1. The minimum atomic E-state index is -0.350. The van der Waals surface area contributed by atoms with Crippen molar-refractivity contribution in [2.75, 3.05) is 18.7 Å². The van der Waals surface area contributed by atoms with Crippen molar-refractivity contribution in [2.24, 2.45) is 0 Å². The van der Waals surface area contributed by atoms with Crippen molar-refractivity contribution in [1.29, 1.82) is 0 Å². The summed E-state index contributed by atoms with van der Waals surface area (Å²) in [5.74, 6) is 1.68. The zero-order chi connectivity index (χ0) is 18.6. The number of nitrogens with one attached hydrogen (secondary N) is 2. The summed E-state index contributed by atoms with van der Waals surface area (Å²) in [7, 11) is 0. The maximum atomic E-state index is 12.2. The number of aromatic nitrogens is 2. The number of hydrogen-bond acceptors (Lipinski definition) is 5. The van der Waals surface area contributed by atoms with Crippen LogP contribution in [0.4, 0.5) is 10.5 Å². The normalized spacial score (nSPS) is 15.7. The standard InChI is InChI=1S/C19H22N4O4/c24-18-10-15(13-3-1-2-4-13)21-11-23(18)8-7-20-19(25)22-14-5-6-16-17(9-14)27-12-26-16/h5-6,9-11,13H,1-4,7-8,12H2,(H2,20,22,25). The zero-order valence-corrected chi connectivity index (χ0v) is 14.9. The van der Waals surface area contributed by atoms with Crippen LogP contribution >= 0.6 is 0 Å². The smallest absolute Gasteiger partial charge is 0.319 e. The van der Waals surface area contributed by atoms with Gasteiger partial charge in [0.2, 0.25) is 6.79 Å². The van der Waals surface area contributed by atoms with Gasteiger partial charge in [0.1, 0.15) is 0 Å². The Morgan fingerprint density at radius 2 is 2.00 bits per heavy atom. The third-order valence-electron chi connectivity index (χ3n) is 4.94. The number of ether oxygens (including phenoxy) is 2. The van der Waals surface area contributed by atoms with E-state index in [4.69, 9.17) is 9.47 Å². The third-order valence-corrected chi connectivity index (χ3v) is 4.94. The Kier molecular flexibility index (Phi) is 4.95. The van der Waals surface area contributed by atoms with Crippen LogP contribution in [0, 0.1) is 0 Å². The first kappa shape index (κ1) is 17.4. The first-order valence-corrected chi connectivity index (χ1v) is 9.20. The van der Waals surface area contributed by atoms with E-state index < -0.39 is 0 Å². The highest BCUT2D eigenvalue weighted by Crippen LogP contribution is 2.34. The molecule has 27 heavy (non-hydrogen) atoms. The molecule has 2 aliphatic rings. The molecule has 1 aromatic heterocycles. The summed E-state index contributed by atoms with van der Waals surface area (Å²) in [6, 6.07) is 6.47. The summed E-state index contributed by atoms with van der Waals surface area (Å²) >= 11 is 0. The van der Waals surface area contributed by atoms with E-state index in [1.165, 1.54) is 17.4 Å². The van der Waals surface area contributed by atoms with Crippen molar-refractivity contribution in [3.05, 3.63) is 46.6 Å². The van der Waals surface area contributed by atoms with Gasteiger partial charge in [0, 0.05) is 36.8 Å². The van der Waals surface area contributed by atoms with Crippen LogP contribution in [0.1, 0.15) is 37.3 Å². The fourth-order valence-electron chi connectivity index (χ4n) is 3.49. The Morgan fingerprint density at radius 1 is 1.19 bits per heavy atom. The Morgan fingerprint density at radius 3 is 2.81 bits per heavy atom. The SMILES string of the molecule is O=C(NCCn1cnc(C2CCCC2)cc1=O)Nc1ccc2c(c1)OCO2. The van der Waals surface area contributed by atoms with E-state index in [-0.39, 0.29) is 18.4 Å². The van der Waals surface area contributed by atoms with Crippen LogP contribution in [-0.2, 0) is 6.54 Å². The molecule has 0 radical (unpaired) electrons. The number of amides is 2. The number of benzene rings is 1. The molecule has 2 N–H and O–H groups in total. The molecule has 142 valence electrons. The van der Waals surface area contributed by atoms with Crippen molar-refractivity contribution < 1.29 is 14.3 Å². The van der Waals surface area contributed by atoms with Crippen molar-refractivity contribution in [3.63, 3.8) is 0 Å². The number of hydrogen-bond donors (Lipinski definition) is 2. The van der Waals surface area contributed by atoms with Gasteiger partial charge in [-0.3, -0.25) is 9.36 Å². The molecular weight excluding hydrogens is 348 g/mol. The molecule has 0 bridgehead atoms. The lowest BCUT2D eigenvalue weighted by Gasteiger charge is -2.11. The highest BCUT2D eigenvalue weighted by atomic mass is 16.7. The molecule has 1 saturated carbocycles. The second-order valence-corrected chi connectivity index (χ2v) is 6.78. The summed E-state index contributed by atoms with van der Waals surface area (Å²) in [4.78, 5) is 28.7. The number of urea groups is 1. The molecular formula is C19H22N4O4. The minimum absolute atomic E-state index is 0.0788. The molecule has 2 aromatic rings. The van der Waals surface area contributed by atoms with Gasteiger partial charge in [-0.15, -0.1) is 0 Å². The number of carbonyl (C=O) groups is 1. The molecule has 0 spiro atoms. The lowest BCUT2D eigenvalue weighted by atomic mass is 10.0. The number of rotatable bonds is 5. The molecule has 0 atom stereocenters. The number of carbonyl (C=O) groups excluding carboxylic acids is 1. The van der Waals surface area contributed by atoms with Gasteiger partial charge in [-0.1, -0.05) is 12.8 Å². The van der Waals surface area contributed by atoms with Gasteiger partial charge in [0.05, 0.1) is 12.0 Å². The molecule has 1 aromatic carbocycles. The van der Waals surface area contributed by atoms with Crippen LogP contribution in [0.5, 0.6) is 11.5 Å². The van der Waals surface area contributed by atoms with E-state index >= 15 is 0 Å². The van der Waals surface area contributed by atoms with Crippen LogP contribution in [-0.4, -0.2) is 28.9 Å². The Hall–Kier alpha value is -3.03. The summed E-state index contributed by atoms with van der Waals surface area (Å²) < 4.78 is 12.0. The molecule has 8 nitrogen and oxygen atoms in total. The van der Waals surface area contributed by atoms with Gasteiger partial charge in [0.15, 0.2) is 11.5 Å². The minimum Gasteiger partial charge on any atom is -0.454 e. The van der Waals surface area contributed by atoms with Gasteiger partial charge in [-0.25, -0.2) is 9.78 Å². The molecule has 1 fully saturated rings. The first-order chi connectivity index (χ1) is 13.2. The monoisotopic (exact) mass is 370 g/mol. The average molecular weight is 370 g/mol. The second kappa shape index (κ2) is 7.69. The van der Waals surface area contributed by atoms with E-state index in [0.29, 0.717) is 36.2 Å². The molecule has 1 aliphatic heterocycles. The van der Waals surface area contributed by atoms with E-state index in [9.17, 15) is 9.59 Å². The first-order valence-electron chi connectivity index (χ1n) is 9.20. The fourth-order valence-corrected chi connectivity index (χ4v) is 3.49. The molecule has 2 heterocycles. The van der Waals surface area contributed by atoms with Crippen molar-refractivity contribution >= 4 is 11.7 Å². The summed E-state index contributed by atoms with van der Waals surface area (Å²) in [6.45, 7) is 0.874. The lowest BCUT2D eigenvalue weighted by Crippen LogP contribution is -2.33. The molecule has 4 rings (SSSR count). The van der Waals surface area contributed by atoms with Crippen LogP contribution in [0.15, 0.2) is 35.4 Å². The highest BCUT2D eigenvalue weighted by Gasteiger charge is 2.19. The quantitative estimate of drug-likeness (QED) is 0.843. The van der Waals surface area contributed by atoms with E-state index in [0.717, 1.165) is 18.5 Å². The maximum absolute atomic E-state index is 12.2. The Labute approximate surface area is 156 Å². The predicted molar refractivity (Wildman–Crippen MR) is 99.3 cm³/mol. The van der Waals surface area contributed by atoms with Gasteiger partial charge in [-0.05, 0) is 25.0 Å². The van der Waals surface area contributed by atoms with Gasteiger partial charge < -0.3 is 20.1 Å². The van der Waals surface area contributed by atoms with Gasteiger partial charge in [-0.2, -0.15) is 0 Å². The topological polar surface area (TPSA) is 94.5 Å². The molecule has 1 aliphatic carbocycles. The Bertz CT molecular complexity index is 890. The summed E-state index contributed by atoms with van der Waals surface area (Å²) in [6.07, 6.45) is 6.21. The molecule has 0 saturated heterocycles. The molecule has 2 amide bonds. The van der Waals surface area contributed by atoms with Crippen molar-refractivity contribution in [2.45, 2.75) is 38.1 Å². The zero-order valence-electron chi connectivity index (χ0n) is 14.9. The van der Waals surface area contributed by atoms with Crippen molar-refractivity contribution in [3.8, 4) is 11.5 Å².